The van der Waals surface area contributed by atoms with Crippen molar-refractivity contribution >= 4 is 75.7 Å². The maximum Gasteiger partial charge on any atom is 0.416 e. The number of amides is 6. The number of likely N-dealkylation sites (N-methyl/N-ethyl adjacent to an activating group) is 1. The lowest BCUT2D eigenvalue weighted by atomic mass is 9.83. The van der Waals surface area contributed by atoms with Crippen LogP contribution in [-0.2, 0) is 18.8 Å². The van der Waals surface area contributed by atoms with Gasteiger partial charge in [-0.2, -0.15) is 26.3 Å². The summed E-state index contributed by atoms with van der Waals surface area (Å²) in [4.78, 5) is 84.8. The molecule has 0 aliphatic carbocycles. The van der Waals surface area contributed by atoms with Gasteiger partial charge in [-0.15, -0.1) is 0 Å². The third-order valence-electron chi connectivity index (χ3n) is 13.7. The molecule has 13 nitrogen and oxygen atoms in total. The van der Waals surface area contributed by atoms with Gasteiger partial charge in [0.05, 0.1) is 45.6 Å². The Morgan fingerprint density at radius 2 is 1.18 bits per heavy atom. The molecular formula is C53H36Cl2F9N7O6. The number of anilines is 3. The number of alkyl halides is 6. The fraction of sp³-hybridized carbons (Fsp3) is 0.208. The summed E-state index contributed by atoms with van der Waals surface area (Å²) in [7, 11) is 1.17. The smallest absolute Gasteiger partial charge is 0.382 e. The SMILES string of the molecule is Cc1cc(C(=O)Nc2cc3c(c4c2C(c2cc(F)ccc2Cl)NC4=O)CC(c2c(F)cc(C(=O)Nc4cc5c(c6c4C(c4cc(F)ccc4Cl)NC6=O)NCCNC5=O)cc2C(F)(F)F)CN(C)C3=O)cc(C(F)(F)F)c1. The minimum atomic E-state index is -5.43. The molecule has 6 aromatic rings. The molecule has 0 saturated heterocycles. The first-order valence-electron chi connectivity index (χ1n) is 23.2. The molecule has 4 aliphatic heterocycles. The molecule has 0 fully saturated rings. The lowest BCUT2D eigenvalue weighted by Gasteiger charge is -2.25. The van der Waals surface area contributed by atoms with Gasteiger partial charge in [0.25, 0.3) is 35.4 Å². The summed E-state index contributed by atoms with van der Waals surface area (Å²) in [5.74, 6) is -10.8. The summed E-state index contributed by atoms with van der Waals surface area (Å²) < 4.78 is 135. The van der Waals surface area contributed by atoms with Crippen molar-refractivity contribution in [3.05, 3.63) is 190 Å². The molecule has 0 spiro atoms. The molecular weight excluding hydrogens is 1070 g/mol. The normalized spacial score (nSPS) is 17.9. The van der Waals surface area contributed by atoms with Gasteiger partial charge >= 0.3 is 12.4 Å². The summed E-state index contributed by atoms with van der Waals surface area (Å²) in [5, 5.41) is 15.6. The minimum Gasteiger partial charge on any atom is -0.382 e. The predicted molar refractivity (Wildman–Crippen MR) is 262 cm³/mol. The van der Waals surface area contributed by atoms with Crippen molar-refractivity contribution in [2.45, 2.75) is 43.7 Å². The molecule has 6 N–H and O–H groups in total. The Kier molecular flexibility index (Phi) is 13.0. The van der Waals surface area contributed by atoms with Gasteiger partial charge in [-0.25, -0.2) is 13.2 Å². The number of carbonyl (C=O) groups excluding carboxylic acids is 6. The van der Waals surface area contributed by atoms with E-state index in [1.165, 1.54) is 20.0 Å². The van der Waals surface area contributed by atoms with E-state index in [2.05, 4.69) is 31.9 Å². The molecule has 0 aromatic heterocycles. The van der Waals surface area contributed by atoms with Crippen LogP contribution in [0.25, 0.3) is 0 Å². The fourth-order valence-electron chi connectivity index (χ4n) is 10.4. The van der Waals surface area contributed by atoms with Gasteiger partial charge in [-0.1, -0.05) is 23.2 Å². The van der Waals surface area contributed by atoms with Crippen LogP contribution in [0.4, 0.5) is 56.6 Å². The average molecular weight is 1110 g/mol. The molecule has 6 amide bonds. The number of fused-ring (bicyclic) bond motifs is 6. The summed E-state index contributed by atoms with van der Waals surface area (Å²) >= 11 is 13.0. The van der Waals surface area contributed by atoms with Crippen molar-refractivity contribution < 1.29 is 68.3 Å². The molecule has 24 heteroatoms. The summed E-state index contributed by atoms with van der Waals surface area (Å²) in [6.07, 6.45) is -11.0. The molecule has 6 aromatic carbocycles. The second-order valence-electron chi connectivity index (χ2n) is 18.7. The maximum absolute atomic E-state index is 17.0. The molecule has 3 atom stereocenters. The third kappa shape index (κ3) is 9.42. The number of nitrogens with one attached hydrogen (secondary N) is 6. The zero-order chi connectivity index (χ0) is 55.3. The van der Waals surface area contributed by atoms with Crippen molar-refractivity contribution in [3.8, 4) is 0 Å². The molecule has 3 unspecified atom stereocenters. The largest absolute Gasteiger partial charge is 0.416 e. The highest BCUT2D eigenvalue weighted by atomic mass is 35.5. The number of hydrogen-bond acceptors (Lipinski definition) is 7. The topological polar surface area (TPSA) is 178 Å². The number of rotatable bonds is 7. The molecule has 77 heavy (non-hydrogen) atoms. The zero-order valence-corrected chi connectivity index (χ0v) is 41.1. The van der Waals surface area contributed by atoms with Gasteiger partial charge in [0.1, 0.15) is 17.5 Å². The number of halogens is 11. The van der Waals surface area contributed by atoms with Crippen LogP contribution in [0.2, 0.25) is 10.0 Å². The number of benzene rings is 6. The summed E-state index contributed by atoms with van der Waals surface area (Å²) in [6.45, 7) is 0.897. The predicted octanol–water partition coefficient (Wildman–Crippen LogP) is 10.5. The van der Waals surface area contributed by atoms with E-state index in [4.69, 9.17) is 23.2 Å². The van der Waals surface area contributed by atoms with E-state index in [0.717, 1.165) is 59.5 Å². The van der Waals surface area contributed by atoms with E-state index in [-0.39, 0.29) is 90.3 Å². The minimum absolute atomic E-state index is 0.0121. The summed E-state index contributed by atoms with van der Waals surface area (Å²) in [6, 6.07) is 9.23. The van der Waals surface area contributed by atoms with Gasteiger partial charge in [0, 0.05) is 98.5 Å². The Morgan fingerprint density at radius 3 is 1.77 bits per heavy atom. The highest BCUT2D eigenvalue weighted by Gasteiger charge is 2.45. The van der Waals surface area contributed by atoms with Crippen molar-refractivity contribution in [3.63, 3.8) is 0 Å². The Labute approximate surface area is 439 Å². The van der Waals surface area contributed by atoms with Crippen LogP contribution in [-0.4, -0.2) is 67.0 Å². The van der Waals surface area contributed by atoms with Crippen molar-refractivity contribution in [2.75, 3.05) is 42.6 Å². The van der Waals surface area contributed by atoms with Crippen LogP contribution < -0.4 is 31.9 Å². The number of hydrogen-bond donors (Lipinski definition) is 6. The molecule has 0 radical (unpaired) electrons. The van der Waals surface area contributed by atoms with Gasteiger partial charge in [0.2, 0.25) is 0 Å². The van der Waals surface area contributed by atoms with Gasteiger partial charge in [-0.3, -0.25) is 28.8 Å². The first-order valence-corrected chi connectivity index (χ1v) is 24.0. The lowest BCUT2D eigenvalue weighted by molar-refractivity contribution is -0.139. The van der Waals surface area contributed by atoms with Crippen LogP contribution in [0, 0.1) is 24.4 Å². The van der Waals surface area contributed by atoms with Crippen LogP contribution in [0.3, 0.4) is 0 Å². The van der Waals surface area contributed by atoms with E-state index in [1.807, 2.05) is 0 Å². The molecule has 0 bridgehead atoms. The number of nitrogens with zero attached hydrogens (tertiary/aromatic N) is 1. The van der Waals surface area contributed by atoms with E-state index in [9.17, 15) is 50.7 Å². The Balaban J connectivity index is 1.08. The van der Waals surface area contributed by atoms with Gasteiger partial charge in [0.15, 0.2) is 0 Å². The standard InChI is InChI=1S/C53H36Cl2F9N7O6/c1-20-9-21(11-24(10-20)52(59,60)61)46(72)67-36-17-28-27(39-40(36)44(69-49(39)75)29-15-25(56)3-5-33(29)54)12-23(19-71(2)51(28)77)38-32(53(62,63)64)13-22(14-35(38)58)47(73)68-37-18-31-43(65-7-8-66-48(31)74)42-41(37)45(70-50(42)76)30-16-26(57)4-6-34(30)55/h3-6,9-11,13-18,23,44-45,65H,7-8,12,19H2,1-2H3,(H,66,74)(H,67,72)(H,68,73)(H,69,75)(H,70,76). The number of carbonyl (C=O) groups is 6. The Bertz CT molecular complexity index is 3630. The van der Waals surface area contributed by atoms with Gasteiger partial charge in [-0.05, 0) is 103 Å². The second-order valence-corrected chi connectivity index (χ2v) is 19.5. The highest BCUT2D eigenvalue weighted by molar-refractivity contribution is 6.32. The molecule has 10 rings (SSSR count). The molecule has 0 saturated carbocycles. The number of aryl methyl sites for hydroxylation is 1. The third-order valence-corrected chi connectivity index (χ3v) is 14.4. The van der Waals surface area contributed by atoms with Gasteiger partial charge < -0.3 is 36.8 Å². The van der Waals surface area contributed by atoms with Crippen LogP contribution in [0.1, 0.15) is 130 Å². The Morgan fingerprint density at radius 1 is 0.636 bits per heavy atom. The quantitative estimate of drug-likeness (QED) is 0.0862. The zero-order valence-electron chi connectivity index (χ0n) is 39.6. The van der Waals surface area contributed by atoms with E-state index < -0.39 is 130 Å². The van der Waals surface area contributed by atoms with Crippen molar-refractivity contribution in [1.29, 1.82) is 0 Å². The monoisotopic (exact) mass is 1110 g/mol. The van der Waals surface area contributed by atoms with E-state index in [1.54, 1.807) is 0 Å². The van der Waals surface area contributed by atoms with Crippen LogP contribution in [0.5, 0.6) is 0 Å². The van der Waals surface area contributed by atoms with E-state index in [0.29, 0.717) is 18.2 Å². The molecule has 4 aliphatic rings. The average Bonchev–Trinajstić information content (AvgIpc) is 3.79. The van der Waals surface area contributed by atoms with Crippen molar-refractivity contribution in [2.24, 2.45) is 0 Å². The van der Waals surface area contributed by atoms with E-state index >= 15 is 17.6 Å². The molecule has 4 heterocycles. The first-order chi connectivity index (χ1) is 36.3. The lowest BCUT2D eigenvalue weighted by Crippen LogP contribution is -2.30. The second kappa shape index (κ2) is 19.2. The van der Waals surface area contributed by atoms with Crippen molar-refractivity contribution in [1.82, 2.24) is 20.9 Å². The fourth-order valence-corrected chi connectivity index (χ4v) is 10.9. The maximum atomic E-state index is 17.0. The van der Waals surface area contributed by atoms with Crippen LogP contribution in [0.15, 0.2) is 78.9 Å². The molecule has 396 valence electrons. The highest BCUT2D eigenvalue weighted by Crippen LogP contribution is 2.48. The summed E-state index contributed by atoms with van der Waals surface area (Å²) in [5.41, 5.74) is -7.58. The first kappa shape index (κ1) is 52.3. The Hall–Kier alpha value is -8.11. The van der Waals surface area contributed by atoms with Crippen LogP contribution >= 0.6 is 23.2 Å².